The third-order valence-corrected chi connectivity index (χ3v) is 3.71. The first kappa shape index (κ1) is 16.8. The molecule has 0 bridgehead atoms. The van der Waals surface area contributed by atoms with E-state index in [0.29, 0.717) is 0 Å². The summed E-state index contributed by atoms with van der Waals surface area (Å²) in [5.41, 5.74) is 5.99. The molecule has 0 aliphatic rings. The van der Waals surface area contributed by atoms with Gasteiger partial charge < -0.3 is 10.8 Å². The molecular formula is C16H15ClF3NO. The lowest BCUT2D eigenvalue weighted by Crippen LogP contribution is -2.28. The van der Waals surface area contributed by atoms with Crippen LogP contribution in [0.1, 0.15) is 22.7 Å². The van der Waals surface area contributed by atoms with Crippen molar-refractivity contribution in [1.29, 1.82) is 0 Å². The van der Waals surface area contributed by atoms with Gasteiger partial charge >= 0.3 is 6.18 Å². The predicted octanol–water partition coefficient (Wildman–Crippen LogP) is 3.96. The minimum absolute atomic E-state index is 0.195. The highest BCUT2D eigenvalue weighted by Gasteiger charge is 2.34. The van der Waals surface area contributed by atoms with Crippen LogP contribution in [0.15, 0.2) is 48.5 Å². The first-order valence-corrected chi connectivity index (χ1v) is 7.01. The third kappa shape index (κ3) is 4.00. The minimum Gasteiger partial charge on any atom is -0.391 e. The Labute approximate surface area is 131 Å². The average molecular weight is 330 g/mol. The van der Waals surface area contributed by atoms with Gasteiger partial charge in [0.05, 0.1) is 22.7 Å². The van der Waals surface area contributed by atoms with Crippen molar-refractivity contribution in [2.24, 2.45) is 5.73 Å². The van der Waals surface area contributed by atoms with E-state index in [0.717, 1.165) is 17.7 Å². The van der Waals surface area contributed by atoms with Crippen LogP contribution in [-0.4, -0.2) is 11.2 Å². The Balaban J connectivity index is 2.20. The maximum absolute atomic E-state index is 12.9. The van der Waals surface area contributed by atoms with Gasteiger partial charge in [-0.25, -0.2) is 0 Å². The Hall–Kier alpha value is -1.56. The second-order valence-corrected chi connectivity index (χ2v) is 5.43. The first-order chi connectivity index (χ1) is 10.3. The largest absolute Gasteiger partial charge is 0.417 e. The number of hydrogen-bond donors (Lipinski definition) is 2. The summed E-state index contributed by atoms with van der Waals surface area (Å²) >= 11 is 5.57. The van der Waals surface area contributed by atoms with Crippen LogP contribution in [0, 0.1) is 0 Å². The number of nitrogens with two attached hydrogens (primary N) is 1. The van der Waals surface area contributed by atoms with Crippen LogP contribution in [0.25, 0.3) is 0 Å². The highest BCUT2D eigenvalue weighted by atomic mass is 35.5. The van der Waals surface area contributed by atoms with Gasteiger partial charge in [-0.2, -0.15) is 13.2 Å². The fourth-order valence-electron chi connectivity index (χ4n) is 2.17. The second kappa shape index (κ2) is 6.69. The van der Waals surface area contributed by atoms with Crippen molar-refractivity contribution in [3.05, 3.63) is 70.2 Å². The zero-order valence-electron chi connectivity index (χ0n) is 11.5. The molecule has 2 aromatic rings. The van der Waals surface area contributed by atoms with Crippen LogP contribution >= 0.6 is 11.6 Å². The molecule has 118 valence electrons. The first-order valence-electron chi connectivity index (χ1n) is 6.63. The van der Waals surface area contributed by atoms with Gasteiger partial charge in [0.2, 0.25) is 0 Å². The topological polar surface area (TPSA) is 46.2 Å². The van der Waals surface area contributed by atoms with Crippen molar-refractivity contribution >= 4 is 11.6 Å². The van der Waals surface area contributed by atoms with E-state index in [1.54, 1.807) is 0 Å². The van der Waals surface area contributed by atoms with Crippen LogP contribution in [0.3, 0.4) is 0 Å². The molecule has 0 aliphatic carbocycles. The van der Waals surface area contributed by atoms with E-state index in [4.69, 9.17) is 17.3 Å². The maximum atomic E-state index is 12.9. The molecule has 0 amide bonds. The lowest BCUT2D eigenvalue weighted by molar-refractivity contribution is -0.137. The van der Waals surface area contributed by atoms with Gasteiger partial charge in [-0.1, -0.05) is 48.0 Å². The molecule has 2 atom stereocenters. The fourth-order valence-corrected chi connectivity index (χ4v) is 2.40. The van der Waals surface area contributed by atoms with Gasteiger partial charge in [0.15, 0.2) is 0 Å². The molecule has 3 N–H and O–H groups in total. The van der Waals surface area contributed by atoms with Gasteiger partial charge in [0.25, 0.3) is 0 Å². The molecule has 6 heteroatoms. The van der Waals surface area contributed by atoms with Crippen molar-refractivity contribution < 1.29 is 18.3 Å². The molecule has 0 fully saturated rings. The normalized spacial score (nSPS) is 14.6. The van der Waals surface area contributed by atoms with Crippen LogP contribution in [0.2, 0.25) is 5.02 Å². The Morgan fingerprint density at radius 3 is 2.32 bits per heavy atom. The Bertz CT molecular complexity index is 631. The predicted molar refractivity (Wildman–Crippen MR) is 79.5 cm³/mol. The van der Waals surface area contributed by atoms with E-state index in [1.165, 1.54) is 6.07 Å². The molecule has 0 radical (unpaired) electrons. The molecule has 2 rings (SSSR count). The fraction of sp³-hybridized carbons (Fsp3) is 0.250. The number of aliphatic hydroxyl groups is 1. The number of rotatable bonds is 4. The molecule has 0 saturated carbocycles. The summed E-state index contributed by atoms with van der Waals surface area (Å²) in [5, 5.41) is 9.76. The number of aliphatic hydroxyl groups excluding tert-OH is 1. The van der Waals surface area contributed by atoms with Crippen molar-refractivity contribution in [3.8, 4) is 0 Å². The van der Waals surface area contributed by atoms with E-state index in [-0.39, 0.29) is 17.0 Å². The molecule has 22 heavy (non-hydrogen) atoms. The highest BCUT2D eigenvalue weighted by molar-refractivity contribution is 6.31. The highest BCUT2D eigenvalue weighted by Crippen LogP contribution is 2.36. The smallest absolute Gasteiger partial charge is 0.391 e. The number of halogens is 4. The van der Waals surface area contributed by atoms with Crippen molar-refractivity contribution in [1.82, 2.24) is 0 Å². The minimum atomic E-state index is -4.56. The SMILES string of the molecule is N[C@@H](c1ccc(Cl)c(C(F)(F)F)c1)[C@H](O)Cc1ccccc1. The molecule has 0 aromatic heterocycles. The third-order valence-electron chi connectivity index (χ3n) is 3.38. The van der Waals surface area contributed by atoms with Crippen molar-refractivity contribution in [2.75, 3.05) is 0 Å². The van der Waals surface area contributed by atoms with E-state index in [9.17, 15) is 18.3 Å². The summed E-state index contributed by atoms with van der Waals surface area (Å²) in [6, 6.07) is 11.6. The van der Waals surface area contributed by atoms with Gasteiger partial charge in [0.1, 0.15) is 0 Å². The lowest BCUT2D eigenvalue weighted by Gasteiger charge is -2.21. The Morgan fingerprint density at radius 2 is 1.73 bits per heavy atom. The van der Waals surface area contributed by atoms with Crippen LogP contribution in [0.5, 0.6) is 0 Å². The summed E-state index contributed by atoms with van der Waals surface area (Å²) in [6.07, 6.45) is -5.30. The lowest BCUT2D eigenvalue weighted by atomic mass is 9.95. The van der Waals surface area contributed by atoms with Crippen molar-refractivity contribution in [3.63, 3.8) is 0 Å². The zero-order valence-corrected chi connectivity index (χ0v) is 12.3. The van der Waals surface area contributed by atoms with Gasteiger partial charge in [0, 0.05) is 6.42 Å². The number of hydrogen-bond acceptors (Lipinski definition) is 2. The molecule has 0 saturated heterocycles. The summed E-state index contributed by atoms with van der Waals surface area (Å²) in [4.78, 5) is 0. The summed E-state index contributed by atoms with van der Waals surface area (Å²) < 4.78 is 38.6. The quantitative estimate of drug-likeness (QED) is 0.891. The Kier molecular flexibility index (Phi) is 5.11. The van der Waals surface area contributed by atoms with E-state index in [1.807, 2.05) is 30.3 Å². The van der Waals surface area contributed by atoms with Crippen LogP contribution < -0.4 is 5.73 Å². The summed E-state index contributed by atoms with van der Waals surface area (Å²) in [7, 11) is 0. The van der Waals surface area contributed by atoms with E-state index < -0.39 is 23.9 Å². The molecule has 0 heterocycles. The van der Waals surface area contributed by atoms with Crippen LogP contribution in [0.4, 0.5) is 13.2 Å². The molecule has 0 aliphatic heterocycles. The van der Waals surface area contributed by atoms with Gasteiger partial charge in [-0.15, -0.1) is 0 Å². The van der Waals surface area contributed by atoms with E-state index >= 15 is 0 Å². The van der Waals surface area contributed by atoms with Gasteiger partial charge in [-0.05, 0) is 23.3 Å². The molecule has 0 unspecified atom stereocenters. The van der Waals surface area contributed by atoms with Gasteiger partial charge in [-0.3, -0.25) is 0 Å². The standard InChI is InChI=1S/C16H15ClF3NO/c17-13-7-6-11(9-12(13)16(18,19)20)15(21)14(22)8-10-4-2-1-3-5-10/h1-7,9,14-15,22H,8,21H2/t14-,15+/m1/s1. The van der Waals surface area contributed by atoms with Crippen molar-refractivity contribution in [2.45, 2.75) is 24.7 Å². The summed E-state index contributed by atoms with van der Waals surface area (Å²) in [6.45, 7) is 0. The molecule has 2 nitrogen and oxygen atoms in total. The average Bonchev–Trinajstić information content (AvgIpc) is 2.47. The Morgan fingerprint density at radius 1 is 1.09 bits per heavy atom. The molecule has 0 spiro atoms. The molecule has 2 aromatic carbocycles. The maximum Gasteiger partial charge on any atom is 0.417 e. The number of alkyl halides is 3. The number of benzene rings is 2. The summed E-state index contributed by atoms with van der Waals surface area (Å²) in [5.74, 6) is 0. The zero-order chi connectivity index (χ0) is 16.3. The molecular weight excluding hydrogens is 315 g/mol. The monoisotopic (exact) mass is 329 g/mol. The van der Waals surface area contributed by atoms with E-state index in [2.05, 4.69) is 0 Å². The second-order valence-electron chi connectivity index (χ2n) is 5.02. The van der Waals surface area contributed by atoms with Crippen LogP contribution in [-0.2, 0) is 12.6 Å².